The van der Waals surface area contributed by atoms with E-state index in [1.54, 1.807) is 6.92 Å². The second kappa shape index (κ2) is 7.03. The Morgan fingerprint density at radius 1 is 1.05 bits per heavy atom. The first kappa shape index (κ1) is 16.6. The number of hydrogen-bond donors (Lipinski definition) is 1. The van der Waals surface area contributed by atoms with Gasteiger partial charge in [0.2, 0.25) is 5.50 Å². The maximum absolute atomic E-state index is 12.1. The molecule has 118 valence electrons. The third-order valence-corrected chi connectivity index (χ3v) is 4.43. The second-order valence-electron chi connectivity index (χ2n) is 5.20. The zero-order valence-corrected chi connectivity index (χ0v) is 13.2. The van der Waals surface area contributed by atoms with Gasteiger partial charge in [0.05, 0.1) is 0 Å². The summed E-state index contributed by atoms with van der Waals surface area (Å²) in [6, 6.07) is 17.3. The van der Waals surface area contributed by atoms with Crippen LogP contribution in [0.25, 0.3) is 11.1 Å². The SMILES string of the molecule is CCCC(F)S(=O)(=O)O.c1ccc2c(c1)Cc1ccccc1-2. The summed E-state index contributed by atoms with van der Waals surface area (Å²) < 4.78 is 39.9. The zero-order valence-electron chi connectivity index (χ0n) is 12.4. The Morgan fingerprint density at radius 3 is 1.86 bits per heavy atom. The van der Waals surface area contributed by atoms with E-state index >= 15 is 0 Å². The van der Waals surface area contributed by atoms with Crippen LogP contribution in [-0.4, -0.2) is 18.5 Å². The van der Waals surface area contributed by atoms with E-state index in [0.717, 1.165) is 6.42 Å². The van der Waals surface area contributed by atoms with Crippen LogP contribution in [0.3, 0.4) is 0 Å². The molecular weight excluding hydrogens is 303 g/mol. The summed E-state index contributed by atoms with van der Waals surface area (Å²) in [6.07, 6.45) is 1.37. The topological polar surface area (TPSA) is 54.4 Å². The van der Waals surface area contributed by atoms with Crippen LogP contribution >= 0.6 is 0 Å². The van der Waals surface area contributed by atoms with Crippen molar-refractivity contribution in [3.05, 3.63) is 59.7 Å². The molecule has 1 aliphatic carbocycles. The van der Waals surface area contributed by atoms with Crippen molar-refractivity contribution in [2.24, 2.45) is 0 Å². The van der Waals surface area contributed by atoms with Crippen molar-refractivity contribution < 1.29 is 17.4 Å². The summed E-state index contributed by atoms with van der Waals surface area (Å²) in [6.45, 7) is 1.64. The fraction of sp³-hybridized carbons (Fsp3) is 0.294. The zero-order chi connectivity index (χ0) is 16.2. The molecule has 2 aromatic carbocycles. The quantitative estimate of drug-likeness (QED) is 0.734. The van der Waals surface area contributed by atoms with Gasteiger partial charge in [-0.05, 0) is 35.1 Å². The molecule has 0 bridgehead atoms. The smallest absolute Gasteiger partial charge is 0.283 e. The minimum absolute atomic E-state index is 0.140. The summed E-state index contributed by atoms with van der Waals surface area (Å²) in [7, 11) is -4.43. The van der Waals surface area contributed by atoms with Crippen molar-refractivity contribution in [1.82, 2.24) is 0 Å². The Hall–Kier alpha value is -1.72. The Kier molecular flexibility index (Phi) is 5.32. The highest BCUT2D eigenvalue weighted by atomic mass is 32.2. The van der Waals surface area contributed by atoms with E-state index in [2.05, 4.69) is 48.5 Å². The molecule has 1 N–H and O–H groups in total. The van der Waals surface area contributed by atoms with Crippen molar-refractivity contribution >= 4 is 10.1 Å². The van der Waals surface area contributed by atoms with Crippen LogP contribution in [0.15, 0.2) is 48.5 Å². The van der Waals surface area contributed by atoms with Crippen LogP contribution in [0.4, 0.5) is 4.39 Å². The third-order valence-electron chi connectivity index (χ3n) is 3.54. The predicted octanol–water partition coefficient (Wildman–Crippen LogP) is 4.23. The monoisotopic (exact) mass is 322 g/mol. The largest absolute Gasteiger partial charge is 0.297 e. The molecule has 1 unspecified atom stereocenters. The van der Waals surface area contributed by atoms with E-state index in [-0.39, 0.29) is 6.42 Å². The molecule has 0 saturated carbocycles. The molecule has 0 amide bonds. The molecule has 0 saturated heterocycles. The molecule has 3 rings (SSSR count). The highest BCUT2D eigenvalue weighted by Gasteiger charge is 2.19. The maximum Gasteiger partial charge on any atom is 0.297 e. The maximum atomic E-state index is 12.1. The number of hydrogen-bond acceptors (Lipinski definition) is 2. The van der Waals surface area contributed by atoms with Crippen molar-refractivity contribution in [1.29, 1.82) is 0 Å². The number of benzene rings is 2. The third kappa shape index (κ3) is 3.93. The van der Waals surface area contributed by atoms with Gasteiger partial charge in [-0.1, -0.05) is 61.9 Å². The number of alkyl halides is 1. The molecule has 5 heteroatoms. The van der Waals surface area contributed by atoms with Gasteiger partial charge < -0.3 is 0 Å². The lowest BCUT2D eigenvalue weighted by Crippen LogP contribution is -2.13. The van der Waals surface area contributed by atoms with Crippen LogP contribution in [0, 0.1) is 0 Å². The molecule has 0 heterocycles. The molecule has 0 aliphatic heterocycles. The number of halogens is 1. The Bertz CT molecular complexity index is 698. The van der Waals surface area contributed by atoms with Gasteiger partial charge in [-0.15, -0.1) is 0 Å². The summed E-state index contributed by atoms with van der Waals surface area (Å²) in [4.78, 5) is 0. The molecule has 22 heavy (non-hydrogen) atoms. The molecule has 1 aliphatic rings. The standard InChI is InChI=1S/C13H10.C4H9FO3S/c1-3-7-12-10(5-1)9-11-6-2-4-8-13(11)12;1-2-3-4(5)9(6,7)8/h1-8H,9H2;4H,2-3H2,1H3,(H,6,7,8). The van der Waals surface area contributed by atoms with Crippen LogP contribution in [0.5, 0.6) is 0 Å². The van der Waals surface area contributed by atoms with Crippen LogP contribution < -0.4 is 0 Å². The van der Waals surface area contributed by atoms with E-state index in [1.807, 2.05) is 0 Å². The Labute approximate surface area is 130 Å². The van der Waals surface area contributed by atoms with Gasteiger partial charge in [-0.25, -0.2) is 4.39 Å². The number of fused-ring (bicyclic) bond motifs is 3. The highest BCUT2D eigenvalue weighted by Crippen LogP contribution is 2.35. The highest BCUT2D eigenvalue weighted by molar-refractivity contribution is 7.86. The lowest BCUT2D eigenvalue weighted by molar-refractivity contribution is 0.357. The normalized spacial score (nSPS) is 13.6. The summed E-state index contributed by atoms with van der Waals surface area (Å²) in [5.41, 5.74) is 3.64. The summed E-state index contributed by atoms with van der Waals surface area (Å²) in [5, 5.41) is 0. The van der Waals surface area contributed by atoms with Crippen molar-refractivity contribution in [3.8, 4) is 11.1 Å². The minimum atomic E-state index is -4.43. The minimum Gasteiger partial charge on any atom is -0.283 e. The van der Waals surface area contributed by atoms with Crippen molar-refractivity contribution in [2.45, 2.75) is 31.7 Å². The molecule has 1 atom stereocenters. The average molecular weight is 322 g/mol. The first-order valence-corrected chi connectivity index (χ1v) is 8.70. The summed E-state index contributed by atoms with van der Waals surface area (Å²) >= 11 is 0. The lowest BCUT2D eigenvalue weighted by Gasteiger charge is -1.99. The second-order valence-corrected chi connectivity index (χ2v) is 6.75. The van der Waals surface area contributed by atoms with E-state index in [9.17, 15) is 12.8 Å². The van der Waals surface area contributed by atoms with Gasteiger partial charge in [0, 0.05) is 0 Å². The molecule has 0 spiro atoms. The van der Waals surface area contributed by atoms with Gasteiger partial charge in [-0.2, -0.15) is 8.42 Å². The first-order chi connectivity index (χ1) is 10.4. The Morgan fingerprint density at radius 2 is 1.50 bits per heavy atom. The van der Waals surface area contributed by atoms with E-state index < -0.39 is 15.6 Å². The first-order valence-electron chi connectivity index (χ1n) is 7.20. The van der Waals surface area contributed by atoms with Crippen LogP contribution in [0.2, 0.25) is 0 Å². The van der Waals surface area contributed by atoms with E-state index in [0.29, 0.717) is 6.42 Å². The van der Waals surface area contributed by atoms with Crippen LogP contribution in [0.1, 0.15) is 30.9 Å². The average Bonchev–Trinajstić information content (AvgIpc) is 2.86. The van der Waals surface area contributed by atoms with Gasteiger partial charge in [0.1, 0.15) is 0 Å². The molecular formula is C17H19FO3S. The fourth-order valence-corrected chi connectivity index (χ4v) is 2.99. The van der Waals surface area contributed by atoms with Crippen LogP contribution in [-0.2, 0) is 16.5 Å². The van der Waals surface area contributed by atoms with E-state index in [1.165, 1.54) is 22.3 Å². The summed E-state index contributed by atoms with van der Waals surface area (Å²) in [5.74, 6) is 0. The van der Waals surface area contributed by atoms with Gasteiger partial charge >= 0.3 is 0 Å². The van der Waals surface area contributed by atoms with Gasteiger partial charge in [0.15, 0.2) is 0 Å². The molecule has 2 aromatic rings. The van der Waals surface area contributed by atoms with Crippen molar-refractivity contribution in [2.75, 3.05) is 0 Å². The molecule has 3 nitrogen and oxygen atoms in total. The van der Waals surface area contributed by atoms with Crippen molar-refractivity contribution in [3.63, 3.8) is 0 Å². The van der Waals surface area contributed by atoms with Gasteiger partial charge in [-0.3, -0.25) is 4.55 Å². The van der Waals surface area contributed by atoms with E-state index in [4.69, 9.17) is 4.55 Å². The molecule has 0 aromatic heterocycles. The molecule has 0 radical (unpaired) electrons. The lowest BCUT2D eigenvalue weighted by atomic mass is 10.1. The predicted molar refractivity (Wildman–Crippen MR) is 86.0 cm³/mol. The molecule has 0 fully saturated rings. The fourth-order valence-electron chi connectivity index (χ4n) is 2.46. The number of rotatable bonds is 3. The van der Waals surface area contributed by atoms with Gasteiger partial charge in [0.25, 0.3) is 10.1 Å². The Balaban J connectivity index is 0.000000175.